The quantitative estimate of drug-likeness (QED) is 0.655. The smallest absolute Gasteiger partial charge is 0.410 e. The van der Waals surface area contributed by atoms with Gasteiger partial charge in [-0.1, -0.05) is 0 Å². The van der Waals surface area contributed by atoms with E-state index in [1.807, 2.05) is 31.4 Å². The van der Waals surface area contributed by atoms with Crippen LogP contribution in [0.15, 0.2) is 30.9 Å². The zero-order valence-corrected chi connectivity index (χ0v) is 18.2. The highest BCUT2D eigenvalue weighted by molar-refractivity contribution is 5.85. The standard InChI is InChI=1S/C22H24FN7O2/c1-22(2,3)32-21(31)29-8-6-15(7-9-29)30-13-27-18-19(25-12-26-20(18)30)28-17-5-4-14(11-24)10-16(17)23/h4-5,10,12-13,15H,6-9H2,1-3H3,(H,25,26,28). The van der Waals surface area contributed by atoms with E-state index in [1.165, 1.54) is 18.5 Å². The Bertz CT molecular complexity index is 1190. The molecule has 2 aromatic heterocycles. The van der Waals surface area contributed by atoms with Gasteiger partial charge in [-0.05, 0) is 51.8 Å². The molecule has 32 heavy (non-hydrogen) atoms. The summed E-state index contributed by atoms with van der Waals surface area (Å²) in [5.41, 5.74) is 1.06. The molecule has 9 nitrogen and oxygen atoms in total. The molecule has 0 saturated carbocycles. The number of aromatic nitrogens is 4. The van der Waals surface area contributed by atoms with E-state index >= 15 is 0 Å². The number of nitrogens with one attached hydrogen (secondary N) is 1. The maximum atomic E-state index is 14.3. The summed E-state index contributed by atoms with van der Waals surface area (Å²) < 4.78 is 21.7. The maximum Gasteiger partial charge on any atom is 0.410 e. The number of hydrogen-bond acceptors (Lipinski definition) is 7. The molecule has 1 saturated heterocycles. The molecule has 0 spiro atoms. The Hall–Kier alpha value is -3.74. The SMILES string of the molecule is CC(C)(C)OC(=O)N1CCC(n2cnc3c(Nc4ccc(C#N)cc4F)ncnc32)CC1. The van der Waals surface area contributed by atoms with Crippen LogP contribution in [0.4, 0.5) is 20.7 Å². The van der Waals surface area contributed by atoms with Gasteiger partial charge in [0.25, 0.3) is 0 Å². The number of imidazole rings is 1. The van der Waals surface area contributed by atoms with Crippen LogP contribution in [0.25, 0.3) is 11.2 Å². The van der Waals surface area contributed by atoms with Crippen LogP contribution < -0.4 is 5.32 Å². The normalized spacial score (nSPS) is 14.9. The number of benzene rings is 1. The summed E-state index contributed by atoms with van der Waals surface area (Å²) >= 11 is 0. The van der Waals surface area contributed by atoms with Crippen molar-refractivity contribution in [3.63, 3.8) is 0 Å². The van der Waals surface area contributed by atoms with Gasteiger partial charge < -0.3 is 19.5 Å². The fourth-order valence-corrected chi connectivity index (χ4v) is 3.68. The average Bonchev–Trinajstić information content (AvgIpc) is 3.19. The number of nitriles is 1. The largest absolute Gasteiger partial charge is 0.444 e. The molecule has 3 aromatic rings. The molecule has 0 radical (unpaired) electrons. The van der Waals surface area contributed by atoms with Gasteiger partial charge >= 0.3 is 6.09 Å². The highest BCUT2D eigenvalue weighted by Crippen LogP contribution is 2.29. The number of nitrogens with zero attached hydrogens (tertiary/aromatic N) is 6. The van der Waals surface area contributed by atoms with Crippen LogP contribution in [-0.4, -0.2) is 49.2 Å². The lowest BCUT2D eigenvalue weighted by atomic mass is 10.1. The van der Waals surface area contributed by atoms with Crippen LogP contribution in [0.3, 0.4) is 0 Å². The first-order valence-corrected chi connectivity index (χ1v) is 10.4. The first-order chi connectivity index (χ1) is 15.2. The van der Waals surface area contributed by atoms with Crippen molar-refractivity contribution in [3.05, 3.63) is 42.2 Å². The predicted molar refractivity (Wildman–Crippen MR) is 116 cm³/mol. The van der Waals surface area contributed by atoms with Gasteiger partial charge in [-0.3, -0.25) is 0 Å². The zero-order valence-electron chi connectivity index (χ0n) is 18.2. The maximum absolute atomic E-state index is 14.3. The molecule has 0 aliphatic carbocycles. The van der Waals surface area contributed by atoms with Crippen molar-refractivity contribution in [2.45, 2.75) is 45.3 Å². The molecule has 1 aromatic carbocycles. The number of halogens is 1. The van der Waals surface area contributed by atoms with Gasteiger partial charge in [0.1, 0.15) is 17.7 Å². The van der Waals surface area contributed by atoms with Gasteiger partial charge in [-0.15, -0.1) is 0 Å². The van der Waals surface area contributed by atoms with Crippen molar-refractivity contribution in [1.29, 1.82) is 5.26 Å². The Morgan fingerprint density at radius 1 is 1.25 bits per heavy atom. The van der Waals surface area contributed by atoms with Crippen molar-refractivity contribution in [2.75, 3.05) is 18.4 Å². The molecule has 4 rings (SSSR count). The van der Waals surface area contributed by atoms with Crippen LogP contribution in [0, 0.1) is 17.1 Å². The molecule has 1 fully saturated rings. The summed E-state index contributed by atoms with van der Waals surface area (Å²) in [6.45, 7) is 6.71. The van der Waals surface area contributed by atoms with E-state index < -0.39 is 11.4 Å². The van der Waals surface area contributed by atoms with Crippen LogP contribution in [-0.2, 0) is 4.74 Å². The zero-order chi connectivity index (χ0) is 22.9. The number of carbonyl (C=O) groups is 1. The molecule has 1 N–H and O–H groups in total. The third kappa shape index (κ3) is 4.46. The molecule has 1 aliphatic rings. The second kappa shape index (κ2) is 8.42. The van der Waals surface area contributed by atoms with Crippen LogP contribution in [0.2, 0.25) is 0 Å². The number of rotatable bonds is 3. The van der Waals surface area contributed by atoms with Crippen LogP contribution >= 0.6 is 0 Å². The molecule has 0 bridgehead atoms. The number of likely N-dealkylation sites (tertiary alicyclic amines) is 1. The van der Waals surface area contributed by atoms with Gasteiger partial charge in [-0.25, -0.2) is 24.1 Å². The number of carbonyl (C=O) groups excluding carboxylic acids is 1. The summed E-state index contributed by atoms with van der Waals surface area (Å²) in [7, 11) is 0. The lowest BCUT2D eigenvalue weighted by Gasteiger charge is -2.33. The van der Waals surface area contributed by atoms with Crippen LogP contribution in [0.5, 0.6) is 0 Å². The number of anilines is 2. The Labute approximate surface area is 184 Å². The lowest BCUT2D eigenvalue weighted by molar-refractivity contribution is 0.0189. The highest BCUT2D eigenvalue weighted by atomic mass is 19.1. The topological polar surface area (TPSA) is 109 Å². The van der Waals surface area contributed by atoms with E-state index in [0.717, 1.165) is 18.9 Å². The molecular formula is C22H24FN7O2. The minimum atomic E-state index is -0.551. The van der Waals surface area contributed by atoms with Gasteiger partial charge in [-0.2, -0.15) is 5.26 Å². The minimum absolute atomic E-state index is 0.119. The molecule has 166 valence electrons. The van der Waals surface area contributed by atoms with E-state index in [0.29, 0.717) is 30.1 Å². The lowest BCUT2D eigenvalue weighted by Crippen LogP contribution is -2.42. The molecular weight excluding hydrogens is 413 g/mol. The Morgan fingerprint density at radius 3 is 2.66 bits per heavy atom. The van der Waals surface area contributed by atoms with Crippen molar-refractivity contribution >= 4 is 28.8 Å². The van der Waals surface area contributed by atoms with Crippen molar-refractivity contribution in [2.24, 2.45) is 0 Å². The highest BCUT2D eigenvalue weighted by Gasteiger charge is 2.28. The summed E-state index contributed by atoms with van der Waals surface area (Å²) in [6, 6.07) is 6.21. The second-order valence-electron chi connectivity index (χ2n) is 8.68. The number of amides is 1. The molecule has 0 unspecified atom stereocenters. The predicted octanol–water partition coefficient (Wildman–Crippen LogP) is 4.15. The first-order valence-electron chi connectivity index (χ1n) is 10.4. The monoisotopic (exact) mass is 437 g/mol. The van der Waals surface area contributed by atoms with Gasteiger partial charge in [0.2, 0.25) is 0 Å². The summed E-state index contributed by atoms with van der Waals surface area (Å²) in [4.78, 5) is 27.1. The van der Waals surface area contributed by atoms with Gasteiger partial charge in [0.15, 0.2) is 17.0 Å². The van der Waals surface area contributed by atoms with Crippen molar-refractivity contribution < 1.29 is 13.9 Å². The van der Waals surface area contributed by atoms with E-state index in [4.69, 9.17) is 10.00 Å². The summed E-state index contributed by atoms with van der Waals surface area (Å²) in [6.07, 6.45) is 4.28. The van der Waals surface area contributed by atoms with E-state index in [2.05, 4.69) is 20.3 Å². The fourth-order valence-electron chi connectivity index (χ4n) is 3.68. The van der Waals surface area contributed by atoms with Gasteiger partial charge in [0.05, 0.1) is 23.6 Å². The van der Waals surface area contributed by atoms with Crippen molar-refractivity contribution in [3.8, 4) is 6.07 Å². The van der Waals surface area contributed by atoms with Gasteiger partial charge in [0, 0.05) is 19.1 Å². The summed E-state index contributed by atoms with van der Waals surface area (Å²) in [5.74, 6) is -0.173. The van der Waals surface area contributed by atoms with E-state index in [9.17, 15) is 9.18 Å². The second-order valence-corrected chi connectivity index (χ2v) is 8.68. The third-order valence-electron chi connectivity index (χ3n) is 5.22. The van der Waals surface area contributed by atoms with E-state index in [1.54, 1.807) is 11.2 Å². The molecule has 3 heterocycles. The number of fused-ring (bicyclic) bond motifs is 1. The minimum Gasteiger partial charge on any atom is -0.444 e. The fraction of sp³-hybridized carbons (Fsp3) is 0.409. The molecule has 10 heteroatoms. The summed E-state index contributed by atoms with van der Waals surface area (Å²) in [5, 5.41) is 11.9. The number of piperidine rings is 1. The number of ether oxygens (including phenoxy) is 1. The number of hydrogen-bond donors (Lipinski definition) is 1. The molecule has 1 amide bonds. The first kappa shape index (κ1) is 21.5. The third-order valence-corrected chi connectivity index (χ3v) is 5.22. The van der Waals surface area contributed by atoms with Crippen molar-refractivity contribution in [1.82, 2.24) is 24.4 Å². The van der Waals surface area contributed by atoms with E-state index in [-0.39, 0.29) is 23.4 Å². The Morgan fingerprint density at radius 2 is 2.00 bits per heavy atom. The average molecular weight is 437 g/mol. The van der Waals surface area contributed by atoms with Crippen LogP contribution in [0.1, 0.15) is 45.2 Å². The Balaban J connectivity index is 1.51. The molecule has 1 aliphatic heterocycles. The Kier molecular flexibility index (Phi) is 5.65. The molecule has 0 atom stereocenters.